The van der Waals surface area contributed by atoms with E-state index in [0.717, 1.165) is 60.4 Å². The van der Waals surface area contributed by atoms with Gasteiger partial charge >= 0.3 is 0 Å². The van der Waals surface area contributed by atoms with Crippen molar-refractivity contribution in [2.75, 3.05) is 13.2 Å². The quantitative estimate of drug-likeness (QED) is 0.158. The Labute approximate surface area is 215 Å². The summed E-state index contributed by atoms with van der Waals surface area (Å²) in [6.45, 7) is 9.31. The molecule has 0 fully saturated rings. The monoisotopic (exact) mass is 487 g/mol. The molecule has 0 amide bonds. The van der Waals surface area contributed by atoms with Crippen LogP contribution in [0, 0.1) is 5.82 Å². The number of aromatic nitrogens is 1. The highest BCUT2D eigenvalue weighted by Gasteiger charge is 2.06. The molecule has 1 heterocycles. The first kappa shape index (κ1) is 27.3. The van der Waals surface area contributed by atoms with Gasteiger partial charge in [0.25, 0.3) is 0 Å². The second-order valence-electron chi connectivity index (χ2n) is 9.01. The number of nitrogens with zero attached hydrogens (tertiary/aromatic N) is 1. The number of rotatable bonds is 15. The highest BCUT2D eigenvalue weighted by atomic mass is 19.1. The zero-order valence-electron chi connectivity index (χ0n) is 21.6. The smallest absolute Gasteiger partial charge is 0.131 e. The van der Waals surface area contributed by atoms with E-state index in [1.165, 1.54) is 12.8 Å². The predicted octanol–water partition coefficient (Wildman–Crippen LogP) is 8.90. The lowest BCUT2D eigenvalue weighted by atomic mass is 10.0. The topological polar surface area (TPSA) is 31.4 Å². The molecule has 0 spiro atoms. The van der Waals surface area contributed by atoms with Crippen LogP contribution in [0.4, 0.5) is 4.39 Å². The number of unbranched alkanes of at least 4 members (excludes halogenated alkanes) is 3. The van der Waals surface area contributed by atoms with Gasteiger partial charge < -0.3 is 9.47 Å². The first-order valence-electron chi connectivity index (χ1n) is 13.0. The predicted molar refractivity (Wildman–Crippen MR) is 149 cm³/mol. The highest BCUT2D eigenvalue weighted by Crippen LogP contribution is 2.26. The molecule has 0 saturated carbocycles. The van der Waals surface area contributed by atoms with E-state index in [-0.39, 0.29) is 11.9 Å². The summed E-state index contributed by atoms with van der Waals surface area (Å²) in [5, 5.41) is 0. The van der Waals surface area contributed by atoms with Crippen molar-refractivity contribution in [2.45, 2.75) is 58.5 Å². The number of ether oxygens (including phenoxy) is 2. The summed E-state index contributed by atoms with van der Waals surface area (Å²) in [6.07, 6.45) is 14.3. The van der Waals surface area contributed by atoms with Crippen LogP contribution in [-0.2, 0) is 4.74 Å². The van der Waals surface area contributed by atoms with Crippen LogP contribution in [0.3, 0.4) is 0 Å². The summed E-state index contributed by atoms with van der Waals surface area (Å²) in [5.74, 6) is 0.562. The fourth-order valence-electron chi connectivity index (χ4n) is 3.91. The Morgan fingerprint density at radius 1 is 0.972 bits per heavy atom. The van der Waals surface area contributed by atoms with Crippen LogP contribution >= 0.6 is 0 Å². The van der Waals surface area contributed by atoms with Gasteiger partial charge in [0.15, 0.2) is 0 Å². The molecule has 190 valence electrons. The molecular weight excluding hydrogens is 449 g/mol. The van der Waals surface area contributed by atoms with Crippen molar-refractivity contribution in [1.82, 2.24) is 4.98 Å². The van der Waals surface area contributed by atoms with E-state index in [4.69, 9.17) is 9.47 Å². The average molecular weight is 488 g/mol. The summed E-state index contributed by atoms with van der Waals surface area (Å²) in [7, 11) is 0. The molecule has 0 aliphatic heterocycles. The minimum Gasteiger partial charge on any atom is -0.490 e. The molecule has 0 aliphatic carbocycles. The van der Waals surface area contributed by atoms with E-state index in [2.05, 4.69) is 25.4 Å². The fourth-order valence-corrected chi connectivity index (χ4v) is 3.91. The van der Waals surface area contributed by atoms with E-state index >= 15 is 0 Å². The zero-order valence-corrected chi connectivity index (χ0v) is 21.6. The molecule has 3 aromatic rings. The van der Waals surface area contributed by atoms with Gasteiger partial charge in [-0.2, -0.15) is 0 Å². The molecule has 3 nitrogen and oxygen atoms in total. The Morgan fingerprint density at radius 2 is 1.75 bits per heavy atom. The standard InChI is InChI=1S/C32H38FNO2/c1-4-6-10-22-35-25(3)11-8-7-9-12-27-13-14-28(23-31(27)33)32-20-17-29(24-34-32)26-15-18-30(19-16-26)36-21-5-2/h5,9,12-20,23-25H,2,4,6-8,10-11,21-22H2,1,3H3/b12-9+. The third kappa shape index (κ3) is 8.76. The zero-order chi connectivity index (χ0) is 25.6. The van der Waals surface area contributed by atoms with Crippen LogP contribution in [-0.4, -0.2) is 24.3 Å². The summed E-state index contributed by atoms with van der Waals surface area (Å²) in [5.41, 5.74) is 4.14. The average Bonchev–Trinajstić information content (AvgIpc) is 2.91. The third-order valence-electron chi connectivity index (χ3n) is 6.04. The SMILES string of the molecule is C=CCOc1ccc(-c2ccc(-c3ccc(/C=C/CCCC(C)OCCCCC)c(F)c3)nc2)cc1. The molecule has 0 N–H and O–H groups in total. The van der Waals surface area contributed by atoms with Crippen molar-refractivity contribution in [3.05, 3.63) is 90.9 Å². The van der Waals surface area contributed by atoms with Crippen LogP contribution in [0.2, 0.25) is 0 Å². The van der Waals surface area contributed by atoms with Gasteiger partial charge in [0.1, 0.15) is 18.2 Å². The lowest BCUT2D eigenvalue weighted by Gasteiger charge is -2.12. The summed E-state index contributed by atoms with van der Waals surface area (Å²) in [4.78, 5) is 4.56. The number of pyridine rings is 1. The maximum Gasteiger partial charge on any atom is 0.131 e. The van der Waals surface area contributed by atoms with E-state index < -0.39 is 0 Å². The van der Waals surface area contributed by atoms with Crippen molar-refractivity contribution in [2.24, 2.45) is 0 Å². The van der Waals surface area contributed by atoms with Gasteiger partial charge in [0.2, 0.25) is 0 Å². The second kappa shape index (κ2) is 15.0. The van der Waals surface area contributed by atoms with Gasteiger partial charge in [-0.15, -0.1) is 0 Å². The molecule has 36 heavy (non-hydrogen) atoms. The number of halogens is 1. The maximum atomic E-state index is 14.7. The Hall–Kier alpha value is -3.24. The van der Waals surface area contributed by atoms with E-state index in [0.29, 0.717) is 12.2 Å². The molecule has 4 heteroatoms. The van der Waals surface area contributed by atoms with E-state index in [1.54, 1.807) is 12.1 Å². The largest absolute Gasteiger partial charge is 0.490 e. The van der Waals surface area contributed by atoms with E-state index in [9.17, 15) is 4.39 Å². The molecular formula is C32H38FNO2. The molecule has 0 saturated heterocycles. The Balaban J connectivity index is 1.51. The summed E-state index contributed by atoms with van der Waals surface area (Å²) < 4.78 is 26.1. The van der Waals surface area contributed by atoms with Crippen LogP contribution in [0.15, 0.2) is 79.5 Å². The fraction of sp³-hybridized carbons (Fsp3) is 0.344. The molecule has 0 bridgehead atoms. The molecule has 3 rings (SSSR count). The van der Waals surface area contributed by atoms with Crippen molar-refractivity contribution < 1.29 is 13.9 Å². The second-order valence-corrected chi connectivity index (χ2v) is 9.01. The van der Waals surface area contributed by atoms with Crippen LogP contribution in [0.1, 0.15) is 57.9 Å². The lowest BCUT2D eigenvalue weighted by Crippen LogP contribution is -2.08. The maximum absolute atomic E-state index is 14.7. The molecule has 1 unspecified atom stereocenters. The first-order chi connectivity index (χ1) is 17.6. The van der Waals surface area contributed by atoms with Gasteiger partial charge in [-0.3, -0.25) is 4.98 Å². The van der Waals surface area contributed by atoms with Crippen molar-refractivity contribution >= 4 is 6.08 Å². The van der Waals surface area contributed by atoms with Gasteiger partial charge in [0, 0.05) is 29.5 Å². The number of hydrogen-bond acceptors (Lipinski definition) is 3. The summed E-state index contributed by atoms with van der Waals surface area (Å²) in [6, 6.07) is 17.1. The minimum atomic E-state index is -0.239. The van der Waals surface area contributed by atoms with Gasteiger partial charge in [0.05, 0.1) is 11.8 Å². The molecule has 1 aromatic heterocycles. The van der Waals surface area contributed by atoms with Crippen LogP contribution in [0.5, 0.6) is 5.75 Å². The van der Waals surface area contributed by atoms with Crippen molar-refractivity contribution in [3.63, 3.8) is 0 Å². The summed E-state index contributed by atoms with van der Waals surface area (Å²) >= 11 is 0. The normalized spacial score (nSPS) is 12.1. The molecule has 1 atom stereocenters. The number of benzene rings is 2. The van der Waals surface area contributed by atoms with Crippen molar-refractivity contribution in [1.29, 1.82) is 0 Å². The van der Waals surface area contributed by atoms with Gasteiger partial charge in [-0.05, 0) is 62.4 Å². The number of hydrogen-bond donors (Lipinski definition) is 0. The van der Waals surface area contributed by atoms with Crippen molar-refractivity contribution in [3.8, 4) is 28.1 Å². The van der Waals surface area contributed by atoms with Crippen LogP contribution < -0.4 is 4.74 Å². The highest BCUT2D eigenvalue weighted by molar-refractivity contribution is 5.68. The minimum absolute atomic E-state index is 0.239. The molecule has 0 radical (unpaired) electrons. The Kier molecular flexibility index (Phi) is 11.4. The first-order valence-corrected chi connectivity index (χ1v) is 13.0. The van der Waals surface area contributed by atoms with Crippen LogP contribution in [0.25, 0.3) is 28.5 Å². The Morgan fingerprint density at radius 3 is 2.44 bits per heavy atom. The molecule has 0 aliphatic rings. The van der Waals surface area contributed by atoms with Gasteiger partial charge in [-0.25, -0.2) is 4.39 Å². The third-order valence-corrected chi connectivity index (χ3v) is 6.04. The van der Waals surface area contributed by atoms with E-state index in [1.807, 2.05) is 66.9 Å². The Bertz CT molecular complexity index is 1090. The molecule has 2 aromatic carbocycles. The van der Waals surface area contributed by atoms with Gasteiger partial charge in [-0.1, -0.05) is 74.9 Å². The lowest BCUT2D eigenvalue weighted by molar-refractivity contribution is 0.0566. The number of allylic oxidation sites excluding steroid dienone is 1.